The molecular formula is C3H3F2N2. The summed E-state index contributed by atoms with van der Waals surface area (Å²) in [7, 11) is 0. The fraction of sp³-hybridized carbons (Fsp3) is 0. The Labute approximate surface area is 39.2 Å². The molecule has 1 rings (SSSR count). The van der Waals surface area contributed by atoms with Crippen LogP contribution in [0.1, 0.15) is 0 Å². The van der Waals surface area contributed by atoms with E-state index in [0.717, 1.165) is 6.20 Å². The molecule has 1 radical (unpaired) electrons. The zero-order chi connectivity index (χ0) is 5.28. The second kappa shape index (κ2) is 1.46. The third-order valence-electron chi connectivity index (χ3n) is 0.590. The van der Waals surface area contributed by atoms with Gasteiger partial charge in [0.1, 0.15) is 0 Å². The molecule has 0 spiro atoms. The average molecular weight is 105 g/mol. The van der Waals surface area contributed by atoms with Gasteiger partial charge >= 0.3 is 0 Å². The molecule has 1 aliphatic rings. The Kier molecular flexibility index (Phi) is 0.941. The zero-order valence-electron chi connectivity index (χ0n) is 3.33. The van der Waals surface area contributed by atoms with Crippen LogP contribution in [0.25, 0.3) is 0 Å². The third-order valence-corrected chi connectivity index (χ3v) is 0.590. The van der Waals surface area contributed by atoms with E-state index in [-0.39, 0.29) is 0 Å². The van der Waals surface area contributed by atoms with E-state index in [1.807, 2.05) is 5.43 Å². The molecule has 0 aromatic rings. The van der Waals surface area contributed by atoms with Crippen molar-refractivity contribution >= 4 is 0 Å². The number of rotatable bonds is 0. The molecule has 0 saturated heterocycles. The molecule has 2 N–H and O–H groups in total. The summed E-state index contributed by atoms with van der Waals surface area (Å²) in [5.41, 5.74) is 4.02. The van der Waals surface area contributed by atoms with Crippen LogP contribution in [0.3, 0.4) is 0 Å². The van der Waals surface area contributed by atoms with E-state index in [2.05, 4.69) is 5.43 Å². The van der Waals surface area contributed by atoms with E-state index < -0.39 is 12.1 Å². The quantitative estimate of drug-likeness (QED) is 0.435. The molecule has 1 aliphatic heterocycles. The Balaban J connectivity index is 2.54. The van der Waals surface area contributed by atoms with Crippen molar-refractivity contribution < 1.29 is 8.78 Å². The van der Waals surface area contributed by atoms with E-state index in [4.69, 9.17) is 0 Å². The summed E-state index contributed by atoms with van der Waals surface area (Å²) in [6.07, 6.45) is -0.0602. The van der Waals surface area contributed by atoms with Crippen LogP contribution in [0, 0.1) is 6.30 Å². The highest BCUT2D eigenvalue weighted by Gasteiger charge is 2.18. The Morgan fingerprint density at radius 2 is 2.14 bits per heavy atom. The Hall–Kier alpha value is -0.640. The van der Waals surface area contributed by atoms with Gasteiger partial charge in [0.25, 0.3) is 6.30 Å². The number of nitrogens with one attached hydrogen (secondary N) is 2. The molecule has 0 unspecified atom stereocenters. The van der Waals surface area contributed by atoms with Crippen LogP contribution in [-0.2, 0) is 0 Å². The molecular weight excluding hydrogens is 102 g/mol. The lowest BCUT2D eigenvalue weighted by atomic mass is 10.6. The maximum Gasteiger partial charge on any atom is 0.286 e. The standard InChI is InChI=1S/C3H3F2N2/c4-2-1-6-7-3(2)5/h1,6-7H. The van der Waals surface area contributed by atoms with Gasteiger partial charge in [0.05, 0.1) is 0 Å². The minimum atomic E-state index is -0.958. The molecule has 0 aromatic heterocycles. The molecule has 7 heavy (non-hydrogen) atoms. The summed E-state index contributed by atoms with van der Waals surface area (Å²) < 4.78 is 23.3. The van der Waals surface area contributed by atoms with E-state index in [1.165, 1.54) is 0 Å². The van der Waals surface area contributed by atoms with E-state index in [1.54, 1.807) is 0 Å². The largest absolute Gasteiger partial charge is 0.323 e. The monoisotopic (exact) mass is 105 g/mol. The molecule has 0 saturated carbocycles. The summed E-state index contributed by atoms with van der Waals surface area (Å²) in [5.74, 6) is -0.889. The molecule has 2 nitrogen and oxygen atoms in total. The summed E-state index contributed by atoms with van der Waals surface area (Å²) >= 11 is 0. The van der Waals surface area contributed by atoms with Gasteiger partial charge in [-0.25, -0.2) is 8.78 Å². The molecule has 4 heteroatoms. The van der Waals surface area contributed by atoms with Crippen molar-refractivity contribution in [2.45, 2.75) is 0 Å². The molecule has 1 heterocycles. The molecule has 0 fully saturated rings. The fourth-order valence-electron chi connectivity index (χ4n) is 0.286. The first kappa shape index (κ1) is 4.52. The van der Waals surface area contributed by atoms with E-state index >= 15 is 0 Å². The molecule has 39 valence electrons. The lowest BCUT2D eigenvalue weighted by Crippen LogP contribution is -2.21. The first-order chi connectivity index (χ1) is 3.30. The average Bonchev–Trinajstić information content (AvgIpc) is 1.91. The van der Waals surface area contributed by atoms with Crippen LogP contribution < -0.4 is 10.9 Å². The minimum Gasteiger partial charge on any atom is -0.323 e. The normalized spacial score (nSPS) is 21.7. The first-order valence-electron chi connectivity index (χ1n) is 1.71. The highest BCUT2D eigenvalue weighted by molar-refractivity contribution is 5.12. The van der Waals surface area contributed by atoms with E-state index in [0.29, 0.717) is 0 Å². The van der Waals surface area contributed by atoms with Gasteiger partial charge in [-0.1, -0.05) is 0 Å². The molecule has 0 bridgehead atoms. The lowest BCUT2D eigenvalue weighted by Gasteiger charge is -1.91. The molecule has 0 atom stereocenters. The van der Waals surface area contributed by atoms with Gasteiger partial charge in [0, 0.05) is 6.20 Å². The van der Waals surface area contributed by atoms with Crippen molar-refractivity contribution in [1.82, 2.24) is 10.9 Å². The van der Waals surface area contributed by atoms with Crippen molar-refractivity contribution in [2.75, 3.05) is 0 Å². The van der Waals surface area contributed by atoms with Gasteiger partial charge in [0.2, 0.25) is 0 Å². The Bertz CT molecular complexity index is 101. The van der Waals surface area contributed by atoms with Crippen LogP contribution in [0.4, 0.5) is 8.78 Å². The zero-order valence-corrected chi connectivity index (χ0v) is 3.33. The number of hydrogen-bond donors (Lipinski definition) is 2. The topological polar surface area (TPSA) is 24.1 Å². The highest BCUT2D eigenvalue weighted by atomic mass is 19.2. The van der Waals surface area contributed by atoms with E-state index in [9.17, 15) is 8.78 Å². The predicted octanol–water partition coefficient (Wildman–Crippen LogP) is 0.364. The smallest absolute Gasteiger partial charge is 0.286 e. The predicted molar refractivity (Wildman–Crippen MR) is 19.8 cm³/mol. The van der Waals surface area contributed by atoms with Crippen LogP contribution in [-0.4, -0.2) is 0 Å². The third kappa shape index (κ3) is 0.691. The SMILES string of the molecule is F[C]1NNC=C1F. The Morgan fingerprint density at radius 3 is 2.29 bits per heavy atom. The van der Waals surface area contributed by atoms with Crippen LogP contribution >= 0.6 is 0 Å². The van der Waals surface area contributed by atoms with Gasteiger partial charge in [0.15, 0.2) is 5.83 Å². The lowest BCUT2D eigenvalue weighted by molar-refractivity contribution is 0.403. The number of halogens is 2. The maximum atomic E-state index is 11.6. The van der Waals surface area contributed by atoms with Gasteiger partial charge in [-0.2, -0.15) is 5.43 Å². The minimum absolute atomic E-state index is 0.889. The maximum absolute atomic E-state index is 11.6. The summed E-state index contributed by atoms with van der Waals surface area (Å²) in [4.78, 5) is 0. The molecule has 0 aliphatic carbocycles. The summed E-state index contributed by atoms with van der Waals surface area (Å²) in [5, 5.41) is 0. The van der Waals surface area contributed by atoms with Crippen molar-refractivity contribution in [3.63, 3.8) is 0 Å². The van der Waals surface area contributed by atoms with Gasteiger partial charge in [-0.05, 0) is 0 Å². The van der Waals surface area contributed by atoms with Crippen LogP contribution in [0.5, 0.6) is 0 Å². The van der Waals surface area contributed by atoms with Crippen molar-refractivity contribution in [3.8, 4) is 0 Å². The number of hydrogen-bond acceptors (Lipinski definition) is 2. The van der Waals surface area contributed by atoms with Crippen molar-refractivity contribution in [3.05, 3.63) is 18.3 Å². The van der Waals surface area contributed by atoms with Gasteiger partial charge < -0.3 is 5.43 Å². The van der Waals surface area contributed by atoms with Crippen LogP contribution in [0.2, 0.25) is 0 Å². The Morgan fingerprint density at radius 1 is 1.43 bits per heavy atom. The molecule has 0 amide bonds. The van der Waals surface area contributed by atoms with Gasteiger partial charge in [-0.15, -0.1) is 0 Å². The van der Waals surface area contributed by atoms with Crippen LogP contribution in [0.15, 0.2) is 12.0 Å². The first-order valence-corrected chi connectivity index (χ1v) is 1.71. The fourth-order valence-corrected chi connectivity index (χ4v) is 0.286. The van der Waals surface area contributed by atoms with Gasteiger partial charge in [-0.3, -0.25) is 0 Å². The highest BCUT2D eigenvalue weighted by Crippen LogP contribution is 2.13. The summed E-state index contributed by atoms with van der Waals surface area (Å²) in [6.45, 7) is 0. The molecule has 0 aromatic carbocycles. The van der Waals surface area contributed by atoms with Crippen molar-refractivity contribution in [2.24, 2.45) is 0 Å². The van der Waals surface area contributed by atoms with Crippen molar-refractivity contribution in [1.29, 1.82) is 0 Å². The summed E-state index contributed by atoms with van der Waals surface area (Å²) in [6, 6.07) is 0. The second-order valence-electron chi connectivity index (χ2n) is 1.08. The second-order valence-corrected chi connectivity index (χ2v) is 1.08. The number of hydrazine groups is 1.